The summed E-state index contributed by atoms with van der Waals surface area (Å²) >= 11 is 0. The average Bonchev–Trinajstić information content (AvgIpc) is 3.02. The molecular formula is C20H15FN2O2. The molecule has 0 saturated heterocycles. The molecule has 0 aliphatic heterocycles. The molecule has 0 aliphatic carbocycles. The van der Waals surface area contributed by atoms with E-state index in [2.05, 4.69) is 22.3 Å². The van der Waals surface area contributed by atoms with Crippen LogP contribution in [0.2, 0.25) is 0 Å². The topological polar surface area (TPSA) is 55.1 Å². The monoisotopic (exact) mass is 334 g/mol. The highest BCUT2D eigenvalue weighted by atomic mass is 19.1. The van der Waals surface area contributed by atoms with Crippen molar-refractivity contribution in [3.8, 4) is 23.1 Å². The van der Waals surface area contributed by atoms with Crippen molar-refractivity contribution in [3.05, 3.63) is 77.3 Å². The average molecular weight is 334 g/mol. The van der Waals surface area contributed by atoms with Crippen LogP contribution in [0.25, 0.3) is 11.3 Å². The molecule has 0 spiro atoms. The molecule has 124 valence electrons. The Bertz CT molecular complexity index is 935. The second-order valence-corrected chi connectivity index (χ2v) is 5.32. The van der Waals surface area contributed by atoms with Gasteiger partial charge in [0.15, 0.2) is 0 Å². The van der Waals surface area contributed by atoms with Gasteiger partial charge in [-0.1, -0.05) is 35.2 Å². The van der Waals surface area contributed by atoms with Crippen LogP contribution in [0.4, 0.5) is 4.39 Å². The van der Waals surface area contributed by atoms with E-state index in [1.807, 2.05) is 30.3 Å². The number of halogens is 1. The van der Waals surface area contributed by atoms with Gasteiger partial charge in [0.2, 0.25) is 0 Å². The maximum Gasteiger partial charge on any atom is 0.257 e. The van der Waals surface area contributed by atoms with Crippen molar-refractivity contribution in [1.29, 1.82) is 0 Å². The molecule has 1 heterocycles. The minimum atomic E-state index is -0.355. The zero-order chi connectivity index (χ0) is 17.6. The molecule has 0 bridgehead atoms. The second kappa shape index (κ2) is 7.45. The van der Waals surface area contributed by atoms with Crippen LogP contribution < -0.4 is 5.32 Å². The number of aromatic nitrogens is 1. The third-order valence-corrected chi connectivity index (χ3v) is 3.55. The summed E-state index contributed by atoms with van der Waals surface area (Å²) < 4.78 is 18.2. The van der Waals surface area contributed by atoms with E-state index < -0.39 is 0 Å². The van der Waals surface area contributed by atoms with E-state index in [0.717, 1.165) is 5.56 Å². The lowest BCUT2D eigenvalue weighted by Crippen LogP contribution is -2.24. The molecule has 25 heavy (non-hydrogen) atoms. The standard InChI is InChI=1S/C20H15FN2O2/c1-14-18(19(23-25-14)16-9-11-17(21)12-10-16)20(24)22-13-5-8-15-6-3-2-4-7-15/h2-4,6-7,9-12H,13H2,1H3,(H,22,24). The van der Waals surface area contributed by atoms with E-state index >= 15 is 0 Å². The van der Waals surface area contributed by atoms with E-state index in [0.29, 0.717) is 22.6 Å². The summed E-state index contributed by atoms with van der Waals surface area (Å²) in [6, 6.07) is 15.2. The number of aryl methyl sites for hydroxylation is 1. The van der Waals surface area contributed by atoms with Crippen molar-refractivity contribution in [2.24, 2.45) is 0 Å². The third kappa shape index (κ3) is 3.93. The van der Waals surface area contributed by atoms with Crippen LogP contribution in [0, 0.1) is 24.6 Å². The van der Waals surface area contributed by atoms with Gasteiger partial charge < -0.3 is 9.84 Å². The number of hydrogen-bond acceptors (Lipinski definition) is 3. The predicted octanol–water partition coefficient (Wildman–Crippen LogP) is 3.57. The second-order valence-electron chi connectivity index (χ2n) is 5.32. The molecular weight excluding hydrogens is 319 g/mol. The third-order valence-electron chi connectivity index (χ3n) is 3.55. The molecule has 5 heteroatoms. The molecule has 3 rings (SSSR count). The first-order valence-electron chi connectivity index (χ1n) is 7.69. The Morgan fingerprint density at radius 2 is 1.88 bits per heavy atom. The molecule has 0 aliphatic rings. The Kier molecular flexibility index (Phi) is 4.91. The summed E-state index contributed by atoms with van der Waals surface area (Å²) in [6.45, 7) is 1.85. The van der Waals surface area contributed by atoms with E-state index in [1.54, 1.807) is 19.1 Å². The van der Waals surface area contributed by atoms with Crippen molar-refractivity contribution < 1.29 is 13.7 Å². The van der Waals surface area contributed by atoms with Crippen molar-refractivity contribution in [1.82, 2.24) is 10.5 Å². The summed E-state index contributed by atoms with van der Waals surface area (Å²) in [6.07, 6.45) is 0. The number of hydrogen-bond donors (Lipinski definition) is 1. The van der Waals surface area contributed by atoms with Crippen LogP contribution in [0.1, 0.15) is 21.7 Å². The molecule has 2 aromatic carbocycles. The van der Waals surface area contributed by atoms with Gasteiger partial charge in [0.1, 0.15) is 22.8 Å². The molecule has 0 radical (unpaired) electrons. The Morgan fingerprint density at radius 1 is 1.16 bits per heavy atom. The van der Waals surface area contributed by atoms with Gasteiger partial charge in [-0.3, -0.25) is 4.79 Å². The Balaban J connectivity index is 1.73. The number of benzene rings is 2. The zero-order valence-electron chi connectivity index (χ0n) is 13.5. The SMILES string of the molecule is Cc1onc(-c2ccc(F)cc2)c1C(=O)NCC#Cc1ccccc1. The van der Waals surface area contributed by atoms with E-state index in [9.17, 15) is 9.18 Å². The molecule has 0 fully saturated rings. The van der Waals surface area contributed by atoms with E-state index in [4.69, 9.17) is 4.52 Å². The van der Waals surface area contributed by atoms with Crippen molar-refractivity contribution in [2.45, 2.75) is 6.92 Å². The number of nitrogens with one attached hydrogen (secondary N) is 1. The summed E-state index contributed by atoms with van der Waals surface area (Å²) in [5.74, 6) is 5.57. The van der Waals surface area contributed by atoms with Crippen LogP contribution in [0.5, 0.6) is 0 Å². The van der Waals surface area contributed by atoms with Gasteiger partial charge in [-0.15, -0.1) is 0 Å². The number of nitrogens with zero attached hydrogens (tertiary/aromatic N) is 1. The zero-order valence-corrected chi connectivity index (χ0v) is 13.5. The lowest BCUT2D eigenvalue weighted by Gasteiger charge is -2.03. The van der Waals surface area contributed by atoms with E-state index in [1.165, 1.54) is 12.1 Å². The molecule has 0 saturated carbocycles. The maximum absolute atomic E-state index is 13.1. The van der Waals surface area contributed by atoms with Crippen LogP contribution in [-0.4, -0.2) is 17.6 Å². The highest BCUT2D eigenvalue weighted by Gasteiger charge is 2.21. The van der Waals surface area contributed by atoms with Gasteiger partial charge in [0.05, 0.1) is 6.54 Å². The van der Waals surface area contributed by atoms with Gasteiger partial charge in [0.25, 0.3) is 5.91 Å². The molecule has 0 unspecified atom stereocenters. The molecule has 3 aromatic rings. The molecule has 1 N–H and O–H groups in total. The normalized spacial score (nSPS) is 10.0. The molecule has 0 atom stereocenters. The lowest BCUT2D eigenvalue weighted by molar-refractivity contribution is 0.0957. The predicted molar refractivity (Wildman–Crippen MR) is 92.3 cm³/mol. The van der Waals surface area contributed by atoms with Crippen LogP contribution in [-0.2, 0) is 0 Å². The highest BCUT2D eigenvalue weighted by molar-refractivity contribution is 6.00. The minimum absolute atomic E-state index is 0.196. The minimum Gasteiger partial charge on any atom is -0.360 e. The summed E-state index contributed by atoms with van der Waals surface area (Å²) in [5, 5.41) is 6.65. The van der Waals surface area contributed by atoms with Gasteiger partial charge in [0, 0.05) is 11.1 Å². The summed E-state index contributed by atoms with van der Waals surface area (Å²) in [7, 11) is 0. The van der Waals surface area contributed by atoms with Crippen LogP contribution >= 0.6 is 0 Å². The Hall–Kier alpha value is -3.39. The van der Waals surface area contributed by atoms with Gasteiger partial charge in [-0.25, -0.2) is 4.39 Å². The van der Waals surface area contributed by atoms with Crippen LogP contribution in [0.15, 0.2) is 59.1 Å². The van der Waals surface area contributed by atoms with Crippen molar-refractivity contribution >= 4 is 5.91 Å². The van der Waals surface area contributed by atoms with Gasteiger partial charge in [-0.05, 0) is 43.3 Å². The number of amides is 1. The number of carbonyl (C=O) groups is 1. The van der Waals surface area contributed by atoms with Crippen LogP contribution in [0.3, 0.4) is 0 Å². The largest absolute Gasteiger partial charge is 0.360 e. The fourth-order valence-corrected chi connectivity index (χ4v) is 2.32. The molecule has 4 nitrogen and oxygen atoms in total. The lowest BCUT2D eigenvalue weighted by atomic mass is 10.1. The Labute approximate surface area is 144 Å². The first-order chi connectivity index (χ1) is 12.1. The quantitative estimate of drug-likeness (QED) is 0.745. The Morgan fingerprint density at radius 3 is 2.60 bits per heavy atom. The first kappa shape index (κ1) is 16.5. The van der Waals surface area contributed by atoms with Crippen molar-refractivity contribution in [3.63, 3.8) is 0 Å². The van der Waals surface area contributed by atoms with Crippen molar-refractivity contribution in [2.75, 3.05) is 6.54 Å². The van der Waals surface area contributed by atoms with Gasteiger partial charge in [-0.2, -0.15) is 0 Å². The first-order valence-corrected chi connectivity index (χ1v) is 7.69. The highest BCUT2D eigenvalue weighted by Crippen LogP contribution is 2.25. The van der Waals surface area contributed by atoms with Gasteiger partial charge >= 0.3 is 0 Å². The smallest absolute Gasteiger partial charge is 0.257 e. The molecule has 1 amide bonds. The summed E-state index contributed by atoms with van der Waals surface area (Å²) in [4.78, 5) is 12.4. The van der Waals surface area contributed by atoms with E-state index in [-0.39, 0.29) is 18.3 Å². The molecule has 1 aromatic heterocycles. The fraction of sp³-hybridized carbons (Fsp3) is 0.100. The number of carbonyl (C=O) groups excluding carboxylic acids is 1. The fourth-order valence-electron chi connectivity index (χ4n) is 2.32. The maximum atomic E-state index is 13.1. The number of rotatable bonds is 3. The summed E-state index contributed by atoms with van der Waals surface area (Å²) in [5.41, 5.74) is 2.20.